The van der Waals surface area contributed by atoms with E-state index in [2.05, 4.69) is 0 Å². The van der Waals surface area contributed by atoms with Crippen molar-refractivity contribution in [2.45, 2.75) is 19.1 Å². The first-order valence-corrected chi connectivity index (χ1v) is 9.78. The SMILES string of the molecule is Cc1ccc([C@@H]2C(=C(O)c3ccccc3)C(=O)C(=O)N2c2cccc(C(F)(F)F)c2)cc1. The number of hydrogen-bond donors (Lipinski definition) is 1. The molecular weight excluding hydrogens is 419 g/mol. The van der Waals surface area contributed by atoms with Crippen LogP contribution in [0.25, 0.3) is 5.76 Å². The van der Waals surface area contributed by atoms with Gasteiger partial charge in [0.1, 0.15) is 5.76 Å². The summed E-state index contributed by atoms with van der Waals surface area (Å²) in [5, 5.41) is 10.9. The van der Waals surface area contributed by atoms with Gasteiger partial charge in [-0.3, -0.25) is 14.5 Å². The summed E-state index contributed by atoms with van der Waals surface area (Å²) >= 11 is 0. The number of aryl methyl sites for hydroxylation is 1. The van der Waals surface area contributed by atoms with Gasteiger partial charge in [-0.15, -0.1) is 0 Å². The Labute approximate surface area is 182 Å². The lowest BCUT2D eigenvalue weighted by Gasteiger charge is -2.26. The van der Waals surface area contributed by atoms with Crippen LogP contribution in [0.2, 0.25) is 0 Å². The van der Waals surface area contributed by atoms with E-state index in [1.807, 2.05) is 6.92 Å². The maximum atomic E-state index is 13.3. The summed E-state index contributed by atoms with van der Waals surface area (Å²) in [6.07, 6.45) is -4.62. The van der Waals surface area contributed by atoms with Crippen molar-refractivity contribution in [3.8, 4) is 0 Å². The normalized spacial score (nSPS) is 18.2. The van der Waals surface area contributed by atoms with Crippen LogP contribution in [-0.2, 0) is 15.8 Å². The molecule has 4 nitrogen and oxygen atoms in total. The molecule has 3 aromatic carbocycles. The first-order chi connectivity index (χ1) is 15.2. The number of aliphatic hydroxyl groups excluding tert-OH is 1. The maximum Gasteiger partial charge on any atom is 0.416 e. The van der Waals surface area contributed by atoms with Crippen LogP contribution < -0.4 is 4.90 Å². The van der Waals surface area contributed by atoms with Gasteiger partial charge in [0.15, 0.2) is 0 Å². The highest BCUT2D eigenvalue weighted by atomic mass is 19.4. The molecule has 1 aliphatic heterocycles. The summed E-state index contributed by atoms with van der Waals surface area (Å²) in [4.78, 5) is 27.0. The zero-order valence-electron chi connectivity index (χ0n) is 16.9. The Kier molecular flexibility index (Phi) is 5.34. The third-order valence-electron chi connectivity index (χ3n) is 5.34. The van der Waals surface area contributed by atoms with Gasteiger partial charge in [-0.25, -0.2) is 0 Å². The van der Waals surface area contributed by atoms with E-state index < -0.39 is 29.5 Å². The second kappa shape index (κ2) is 8.00. The molecule has 1 saturated heterocycles. The summed E-state index contributed by atoms with van der Waals surface area (Å²) in [5.41, 5.74) is 0.536. The highest BCUT2D eigenvalue weighted by Gasteiger charge is 2.47. The molecule has 0 saturated carbocycles. The molecule has 32 heavy (non-hydrogen) atoms. The minimum Gasteiger partial charge on any atom is -0.507 e. The van der Waals surface area contributed by atoms with Crippen LogP contribution in [0.15, 0.2) is 84.4 Å². The molecule has 1 atom stereocenters. The van der Waals surface area contributed by atoms with Gasteiger partial charge in [-0.2, -0.15) is 13.2 Å². The molecule has 1 amide bonds. The van der Waals surface area contributed by atoms with Crippen LogP contribution in [-0.4, -0.2) is 16.8 Å². The number of anilines is 1. The van der Waals surface area contributed by atoms with Crippen molar-refractivity contribution in [2.24, 2.45) is 0 Å². The number of ketones is 1. The number of Topliss-reactive ketones (excluding diaryl/α,β-unsaturated/α-hetero) is 1. The van der Waals surface area contributed by atoms with Gasteiger partial charge in [0.05, 0.1) is 17.2 Å². The van der Waals surface area contributed by atoms with Crippen molar-refractivity contribution >= 4 is 23.1 Å². The molecular formula is C25H18F3NO3. The summed E-state index contributed by atoms with van der Waals surface area (Å²) in [5.74, 6) is -2.36. The van der Waals surface area contributed by atoms with Gasteiger partial charge >= 0.3 is 6.18 Å². The third-order valence-corrected chi connectivity index (χ3v) is 5.34. The quantitative estimate of drug-likeness (QED) is 0.328. The van der Waals surface area contributed by atoms with Gasteiger partial charge in [-0.05, 0) is 30.7 Å². The van der Waals surface area contributed by atoms with Crippen molar-refractivity contribution in [1.29, 1.82) is 0 Å². The Morgan fingerprint density at radius 1 is 0.906 bits per heavy atom. The molecule has 0 radical (unpaired) electrons. The van der Waals surface area contributed by atoms with Crippen LogP contribution in [0.4, 0.5) is 18.9 Å². The summed E-state index contributed by atoms with van der Waals surface area (Å²) in [6, 6.07) is 18.3. The monoisotopic (exact) mass is 437 g/mol. The predicted octanol–water partition coefficient (Wildman–Crippen LogP) is 5.64. The fraction of sp³-hybridized carbons (Fsp3) is 0.120. The second-order valence-corrected chi connectivity index (χ2v) is 7.49. The molecule has 162 valence electrons. The molecule has 3 aromatic rings. The molecule has 0 aromatic heterocycles. The zero-order valence-corrected chi connectivity index (χ0v) is 16.9. The van der Waals surface area contributed by atoms with Gasteiger partial charge in [-0.1, -0.05) is 66.2 Å². The van der Waals surface area contributed by atoms with Gasteiger partial charge in [0.25, 0.3) is 11.7 Å². The first-order valence-electron chi connectivity index (χ1n) is 9.78. The molecule has 7 heteroatoms. The molecule has 4 rings (SSSR count). The zero-order chi connectivity index (χ0) is 23.0. The topological polar surface area (TPSA) is 57.6 Å². The van der Waals surface area contributed by atoms with Gasteiger partial charge in [0.2, 0.25) is 0 Å². The fourth-order valence-corrected chi connectivity index (χ4v) is 3.75. The second-order valence-electron chi connectivity index (χ2n) is 7.49. The summed E-state index contributed by atoms with van der Waals surface area (Å²) in [7, 11) is 0. The molecule has 0 aliphatic carbocycles. The average Bonchev–Trinajstić information content (AvgIpc) is 3.04. The highest BCUT2D eigenvalue weighted by Crippen LogP contribution is 2.43. The Hall–Kier alpha value is -3.87. The van der Waals surface area contributed by atoms with E-state index in [-0.39, 0.29) is 17.0 Å². The molecule has 1 fully saturated rings. The van der Waals surface area contributed by atoms with Crippen LogP contribution >= 0.6 is 0 Å². The number of amides is 1. The molecule has 0 bridgehead atoms. The van der Waals surface area contributed by atoms with Crippen LogP contribution in [0.1, 0.15) is 28.3 Å². The molecule has 1 heterocycles. The molecule has 1 aliphatic rings. The number of halogens is 3. The Bertz CT molecular complexity index is 1220. The average molecular weight is 437 g/mol. The van der Waals surface area contributed by atoms with Crippen molar-refractivity contribution < 1.29 is 27.9 Å². The van der Waals surface area contributed by atoms with Gasteiger partial charge < -0.3 is 5.11 Å². The summed E-state index contributed by atoms with van der Waals surface area (Å²) < 4.78 is 39.9. The first kappa shape index (κ1) is 21.4. The summed E-state index contributed by atoms with van der Waals surface area (Å²) in [6.45, 7) is 1.86. The van der Waals surface area contributed by atoms with E-state index in [1.54, 1.807) is 54.6 Å². The lowest BCUT2D eigenvalue weighted by atomic mass is 9.94. The van der Waals surface area contributed by atoms with E-state index in [9.17, 15) is 27.9 Å². The Morgan fingerprint density at radius 3 is 2.19 bits per heavy atom. The van der Waals surface area contributed by atoms with Crippen molar-refractivity contribution in [1.82, 2.24) is 0 Å². The van der Waals surface area contributed by atoms with Crippen molar-refractivity contribution in [3.05, 3.63) is 107 Å². The number of carbonyl (C=O) groups excluding carboxylic acids is 2. The lowest BCUT2D eigenvalue weighted by Crippen LogP contribution is -2.29. The number of benzene rings is 3. The molecule has 1 N–H and O–H groups in total. The molecule has 0 spiro atoms. The maximum absolute atomic E-state index is 13.3. The fourth-order valence-electron chi connectivity index (χ4n) is 3.75. The van der Waals surface area contributed by atoms with Gasteiger partial charge in [0, 0.05) is 11.3 Å². The Balaban J connectivity index is 1.94. The smallest absolute Gasteiger partial charge is 0.416 e. The van der Waals surface area contributed by atoms with Crippen molar-refractivity contribution in [3.63, 3.8) is 0 Å². The number of rotatable bonds is 3. The minimum absolute atomic E-state index is 0.0837. The third kappa shape index (κ3) is 3.77. The van der Waals surface area contributed by atoms with E-state index >= 15 is 0 Å². The van der Waals surface area contributed by atoms with Crippen LogP contribution in [0.3, 0.4) is 0 Å². The molecule has 0 unspecified atom stereocenters. The Morgan fingerprint density at radius 2 is 1.56 bits per heavy atom. The number of alkyl halides is 3. The predicted molar refractivity (Wildman–Crippen MR) is 114 cm³/mol. The number of hydrogen-bond acceptors (Lipinski definition) is 3. The lowest BCUT2D eigenvalue weighted by molar-refractivity contribution is -0.137. The minimum atomic E-state index is -4.62. The standard InChI is InChI=1S/C25H18F3NO3/c1-15-10-12-16(13-11-15)21-20(22(30)17-6-3-2-4-7-17)23(31)24(32)29(21)19-9-5-8-18(14-19)25(26,27)28/h2-14,21,30H,1H3/t21-/m1/s1. The largest absolute Gasteiger partial charge is 0.507 e. The number of carbonyl (C=O) groups is 2. The van der Waals surface area contributed by atoms with Crippen molar-refractivity contribution in [2.75, 3.05) is 4.90 Å². The van der Waals surface area contributed by atoms with E-state index in [0.717, 1.165) is 22.6 Å². The number of aliphatic hydroxyl groups is 1. The van der Waals surface area contributed by atoms with E-state index in [0.29, 0.717) is 11.1 Å². The highest BCUT2D eigenvalue weighted by molar-refractivity contribution is 6.51. The number of nitrogens with zero attached hydrogens (tertiary/aromatic N) is 1. The van der Waals surface area contributed by atoms with E-state index in [1.165, 1.54) is 12.1 Å². The van der Waals surface area contributed by atoms with E-state index in [4.69, 9.17) is 0 Å². The van der Waals surface area contributed by atoms with Crippen LogP contribution in [0.5, 0.6) is 0 Å². The van der Waals surface area contributed by atoms with Crippen LogP contribution in [0, 0.1) is 6.92 Å².